The summed E-state index contributed by atoms with van der Waals surface area (Å²) >= 11 is 0. The van der Waals surface area contributed by atoms with E-state index in [0.717, 1.165) is 100 Å². The molecule has 0 heteroatoms. The van der Waals surface area contributed by atoms with Crippen molar-refractivity contribution in [3.63, 3.8) is 0 Å². The summed E-state index contributed by atoms with van der Waals surface area (Å²) < 4.78 is 0. The van der Waals surface area contributed by atoms with Gasteiger partial charge in [-0.3, -0.25) is 0 Å². The summed E-state index contributed by atoms with van der Waals surface area (Å²) in [5.74, 6) is 18.9. The van der Waals surface area contributed by atoms with E-state index in [-0.39, 0.29) is 0 Å². The summed E-state index contributed by atoms with van der Waals surface area (Å²) in [7, 11) is 0. The molecule has 0 aliphatic heterocycles. The van der Waals surface area contributed by atoms with Gasteiger partial charge in [-0.05, 0) is 243 Å². The summed E-state index contributed by atoms with van der Waals surface area (Å²) in [6.07, 6.45) is 35.6. The van der Waals surface area contributed by atoms with Crippen LogP contribution in [0.25, 0.3) is 0 Å². The average Bonchev–Trinajstić information content (AvgIpc) is 4.09. The number of rotatable bonds is 0. The molecule has 14 saturated carbocycles. The third-order valence-corrected chi connectivity index (χ3v) is 22.5. The van der Waals surface area contributed by atoms with E-state index in [1.807, 2.05) is 27.7 Å². The van der Waals surface area contributed by atoms with Crippen molar-refractivity contribution in [3.8, 4) is 0 Å². The van der Waals surface area contributed by atoms with Crippen molar-refractivity contribution in [1.82, 2.24) is 0 Å². The highest BCUT2D eigenvalue weighted by Crippen LogP contribution is 2.67. The van der Waals surface area contributed by atoms with Gasteiger partial charge in [0, 0.05) is 0 Å². The van der Waals surface area contributed by atoms with Crippen molar-refractivity contribution in [2.24, 2.45) is 128 Å². The van der Waals surface area contributed by atoms with Crippen molar-refractivity contribution in [2.75, 3.05) is 0 Å². The Morgan fingerprint density at radius 2 is 0.839 bits per heavy atom. The number of fused-ring (bicyclic) bond motifs is 7. The maximum Gasteiger partial charge on any atom is -0.0295 e. The van der Waals surface area contributed by atoms with Gasteiger partial charge in [0.2, 0.25) is 0 Å². The first-order chi connectivity index (χ1) is 29.1. The van der Waals surface area contributed by atoms with E-state index < -0.39 is 0 Å². The van der Waals surface area contributed by atoms with E-state index >= 15 is 0 Å². The first-order valence-electron chi connectivity index (χ1n) is 29.1. The second-order valence-electron chi connectivity index (χ2n) is 29.3. The van der Waals surface area contributed by atoms with Crippen molar-refractivity contribution in [2.45, 2.75) is 265 Å². The second-order valence-corrected chi connectivity index (χ2v) is 29.3. The Balaban J connectivity index is 0.000000127. The standard InChI is InChI=1S/C14H24.C12H20.C11H18.C11H20.C10H20.2C2H6/c1-14(2,3)13-8-9-7-12(13)11-6-4-5-10(9)11;1-12(2)10-4-8-3-9(6-10)7-11(12)5-8;1-11(2)9-4-7-3-8(6-9)10(11)5-7;1-11(2,3)10-7-8-4-5-9(10)6-8;1-10(2,3)9-7-5-4-6-8-9;2*1-2/h9-13H,4-8H2,1-3H3;8-11H,3-7H2,1-2H3;7-10H,3-6H2,1-2H3;8-10H,4-7H2,1-3H3;9H,4-8H2,1-3H3;2*1-2H3. The van der Waals surface area contributed by atoms with Gasteiger partial charge in [0.25, 0.3) is 0 Å². The van der Waals surface area contributed by atoms with Crippen LogP contribution in [0.3, 0.4) is 0 Å². The molecule has 14 rings (SSSR count). The van der Waals surface area contributed by atoms with E-state index in [2.05, 4.69) is 90.0 Å². The third kappa shape index (κ3) is 11.1. The molecule has 0 heterocycles. The molecule has 0 N–H and O–H groups in total. The topological polar surface area (TPSA) is 0 Å². The van der Waals surface area contributed by atoms with Gasteiger partial charge in [0.15, 0.2) is 0 Å². The van der Waals surface area contributed by atoms with Crippen LogP contribution in [0.15, 0.2) is 0 Å². The Hall–Kier alpha value is 0. The highest BCUT2D eigenvalue weighted by atomic mass is 14.6. The molecule has 12 atom stereocenters. The molecular formula is C62H114. The quantitative estimate of drug-likeness (QED) is 0.228. The van der Waals surface area contributed by atoms with Gasteiger partial charge < -0.3 is 0 Å². The summed E-state index contributed by atoms with van der Waals surface area (Å²) in [5.41, 5.74) is 3.15. The van der Waals surface area contributed by atoms with Crippen LogP contribution in [0, 0.1) is 128 Å². The summed E-state index contributed by atoms with van der Waals surface area (Å²) in [5, 5.41) is 0. The molecule has 14 aliphatic carbocycles. The summed E-state index contributed by atoms with van der Waals surface area (Å²) in [4.78, 5) is 0. The molecule has 62 heavy (non-hydrogen) atoms. The van der Waals surface area contributed by atoms with Crippen molar-refractivity contribution >= 4 is 0 Å². The van der Waals surface area contributed by atoms with Crippen LogP contribution in [0.1, 0.15) is 265 Å². The molecule has 0 amide bonds. The smallest absolute Gasteiger partial charge is 0.0295 e. The summed E-state index contributed by atoms with van der Waals surface area (Å²) in [6, 6.07) is 0. The van der Waals surface area contributed by atoms with E-state index in [0.29, 0.717) is 21.7 Å². The first-order valence-corrected chi connectivity index (χ1v) is 29.1. The van der Waals surface area contributed by atoms with Crippen molar-refractivity contribution in [1.29, 1.82) is 0 Å². The molecule has 362 valence electrons. The van der Waals surface area contributed by atoms with E-state index in [9.17, 15) is 0 Å². The predicted octanol–water partition coefficient (Wildman–Crippen LogP) is 19.8. The Bertz CT molecular complexity index is 1310. The molecule has 12 unspecified atom stereocenters. The minimum atomic E-state index is 0.570. The minimum Gasteiger partial charge on any atom is -0.0683 e. The zero-order valence-electron chi connectivity index (χ0n) is 45.6. The highest BCUT2D eigenvalue weighted by Gasteiger charge is 2.58. The molecule has 14 aliphatic rings. The molecule has 0 radical (unpaired) electrons. The molecule has 0 saturated heterocycles. The lowest BCUT2D eigenvalue weighted by Gasteiger charge is -2.59. The van der Waals surface area contributed by atoms with Gasteiger partial charge >= 0.3 is 0 Å². The lowest BCUT2D eigenvalue weighted by atomic mass is 9.46. The van der Waals surface area contributed by atoms with E-state index in [4.69, 9.17) is 0 Å². The lowest BCUT2D eigenvalue weighted by Crippen LogP contribution is -2.49. The molecular weight excluding hydrogens is 745 g/mol. The van der Waals surface area contributed by atoms with Gasteiger partial charge in [0.05, 0.1) is 0 Å². The van der Waals surface area contributed by atoms with E-state index in [1.165, 1.54) is 57.3 Å². The summed E-state index contributed by atoms with van der Waals surface area (Å²) in [6.45, 7) is 39.9. The predicted molar refractivity (Wildman–Crippen MR) is 274 cm³/mol. The maximum absolute atomic E-state index is 2.53. The normalized spacial score (nSPS) is 43.9. The zero-order chi connectivity index (χ0) is 45.6. The van der Waals surface area contributed by atoms with Crippen LogP contribution in [-0.4, -0.2) is 0 Å². The maximum atomic E-state index is 2.53. The Labute approximate surface area is 391 Å². The van der Waals surface area contributed by atoms with Gasteiger partial charge in [0.1, 0.15) is 0 Å². The molecule has 14 fully saturated rings. The van der Waals surface area contributed by atoms with Crippen LogP contribution in [-0.2, 0) is 0 Å². The number of hydrogen-bond donors (Lipinski definition) is 0. The lowest BCUT2D eigenvalue weighted by molar-refractivity contribution is -0.0876. The van der Waals surface area contributed by atoms with Crippen molar-refractivity contribution < 1.29 is 0 Å². The minimum absolute atomic E-state index is 0.570. The van der Waals surface area contributed by atoms with E-state index in [1.54, 1.807) is 96.3 Å². The molecule has 0 aromatic heterocycles. The van der Waals surface area contributed by atoms with Crippen LogP contribution in [0.2, 0.25) is 0 Å². The zero-order valence-corrected chi connectivity index (χ0v) is 45.6. The first kappa shape index (κ1) is 51.4. The monoisotopic (exact) mass is 859 g/mol. The Morgan fingerprint density at radius 3 is 1.27 bits per heavy atom. The molecule has 12 bridgehead atoms. The van der Waals surface area contributed by atoms with Gasteiger partial charge in [-0.15, -0.1) is 0 Å². The van der Waals surface area contributed by atoms with Crippen LogP contribution < -0.4 is 0 Å². The average molecular weight is 860 g/mol. The molecule has 0 spiro atoms. The fraction of sp³-hybridized carbons (Fsp3) is 1.00. The van der Waals surface area contributed by atoms with Crippen LogP contribution >= 0.6 is 0 Å². The van der Waals surface area contributed by atoms with Crippen molar-refractivity contribution in [3.05, 3.63) is 0 Å². The van der Waals surface area contributed by atoms with Gasteiger partial charge in [-0.2, -0.15) is 0 Å². The highest BCUT2D eigenvalue weighted by molar-refractivity contribution is 5.08. The fourth-order valence-corrected chi connectivity index (χ4v) is 19.1. The molecule has 0 aromatic rings. The molecule has 0 nitrogen and oxygen atoms in total. The third-order valence-electron chi connectivity index (χ3n) is 22.5. The largest absolute Gasteiger partial charge is 0.0683 e. The second kappa shape index (κ2) is 20.3. The van der Waals surface area contributed by atoms with Crippen LogP contribution in [0.5, 0.6) is 0 Å². The number of hydrogen-bond acceptors (Lipinski definition) is 0. The Morgan fingerprint density at radius 1 is 0.323 bits per heavy atom. The van der Waals surface area contributed by atoms with Crippen LogP contribution in [0.4, 0.5) is 0 Å². The fourth-order valence-electron chi connectivity index (χ4n) is 19.1. The Kier molecular flexibility index (Phi) is 16.8. The molecule has 0 aromatic carbocycles. The SMILES string of the molecule is CC.CC.CC(C)(C)C1CC2CC1C1CCCC21.CC(C)(C)C1CC2CCC1C2.CC(C)(C)C1CCCCC1.CC1(C)C2CC3CC(C2)C1C3.CC1(C)C2CC3CC(C2)CC1C3. The van der Waals surface area contributed by atoms with Gasteiger partial charge in [-0.1, -0.05) is 150 Å². The van der Waals surface area contributed by atoms with Gasteiger partial charge in [-0.25, -0.2) is 0 Å².